The number of hydrogen-bond donors (Lipinski definition) is 1. The van der Waals surface area contributed by atoms with Crippen LogP contribution >= 0.6 is 15.9 Å². The summed E-state index contributed by atoms with van der Waals surface area (Å²) >= 11 is 3.25. The van der Waals surface area contributed by atoms with Gasteiger partial charge in [0.2, 0.25) is 0 Å². The van der Waals surface area contributed by atoms with E-state index in [1.54, 1.807) is 6.07 Å². The smallest absolute Gasteiger partial charge is 0.137 e. The van der Waals surface area contributed by atoms with Gasteiger partial charge in [-0.15, -0.1) is 0 Å². The molecule has 0 bridgehead atoms. The van der Waals surface area contributed by atoms with E-state index in [-0.39, 0.29) is 11.9 Å². The Balaban J connectivity index is 2.02. The number of rotatable bonds is 4. The molecule has 1 aromatic rings. The summed E-state index contributed by atoms with van der Waals surface area (Å²) in [6, 6.07) is 5.01. The summed E-state index contributed by atoms with van der Waals surface area (Å²) in [6.45, 7) is 0. The molecule has 15 heavy (non-hydrogen) atoms. The zero-order valence-electron chi connectivity index (χ0n) is 8.55. The standard InChI is InChI=1S/C12H15BrFN/c13-12-9(2-1-3-10(12)14)11(15)7-6-8-4-5-8/h1-3,8,11H,4-7,15H2. The Hall–Kier alpha value is -0.410. The second-order valence-corrected chi connectivity index (χ2v) is 5.06. The third-order valence-corrected chi connectivity index (χ3v) is 3.80. The van der Waals surface area contributed by atoms with Crippen LogP contribution in [-0.2, 0) is 0 Å². The number of benzene rings is 1. The lowest BCUT2D eigenvalue weighted by Gasteiger charge is -2.13. The molecular formula is C12H15BrFN. The fourth-order valence-corrected chi connectivity index (χ4v) is 2.34. The van der Waals surface area contributed by atoms with Crippen LogP contribution in [0.2, 0.25) is 0 Å². The van der Waals surface area contributed by atoms with Crippen molar-refractivity contribution in [3.8, 4) is 0 Å². The molecule has 0 aliphatic heterocycles. The highest BCUT2D eigenvalue weighted by Crippen LogP contribution is 2.36. The van der Waals surface area contributed by atoms with Gasteiger partial charge >= 0.3 is 0 Å². The van der Waals surface area contributed by atoms with Crippen LogP contribution in [0.25, 0.3) is 0 Å². The first-order valence-corrected chi connectivity index (χ1v) is 6.17. The van der Waals surface area contributed by atoms with Crippen molar-refractivity contribution in [1.29, 1.82) is 0 Å². The van der Waals surface area contributed by atoms with Gasteiger partial charge in [0, 0.05) is 6.04 Å². The van der Waals surface area contributed by atoms with Gasteiger partial charge in [-0.25, -0.2) is 4.39 Å². The summed E-state index contributed by atoms with van der Waals surface area (Å²) in [4.78, 5) is 0. The molecular weight excluding hydrogens is 257 g/mol. The fraction of sp³-hybridized carbons (Fsp3) is 0.500. The highest BCUT2D eigenvalue weighted by atomic mass is 79.9. The molecule has 2 N–H and O–H groups in total. The minimum Gasteiger partial charge on any atom is -0.324 e. The van der Waals surface area contributed by atoms with Crippen LogP contribution < -0.4 is 5.73 Å². The lowest BCUT2D eigenvalue weighted by molar-refractivity contribution is 0.563. The van der Waals surface area contributed by atoms with E-state index < -0.39 is 0 Å². The van der Waals surface area contributed by atoms with Crippen LogP contribution in [0.15, 0.2) is 22.7 Å². The Labute approximate surface area is 98.0 Å². The molecule has 1 fully saturated rings. The predicted octanol–water partition coefficient (Wildman–Crippen LogP) is 3.78. The van der Waals surface area contributed by atoms with Gasteiger partial charge in [0.15, 0.2) is 0 Å². The molecule has 0 aromatic heterocycles. The Kier molecular flexibility index (Phi) is 3.42. The quantitative estimate of drug-likeness (QED) is 0.886. The van der Waals surface area contributed by atoms with Gasteiger partial charge in [-0.05, 0) is 46.3 Å². The maximum atomic E-state index is 13.2. The highest BCUT2D eigenvalue weighted by molar-refractivity contribution is 9.10. The van der Waals surface area contributed by atoms with Crippen LogP contribution in [0.3, 0.4) is 0 Å². The monoisotopic (exact) mass is 271 g/mol. The summed E-state index contributed by atoms with van der Waals surface area (Å²) in [5.41, 5.74) is 6.93. The summed E-state index contributed by atoms with van der Waals surface area (Å²) in [5, 5.41) is 0. The first-order chi connectivity index (χ1) is 7.18. The van der Waals surface area contributed by atoms with Gasteiger partial charge in [-0.3, -0.25) is 0 Å². The summed E-state index contributed by atoms with van der Waals surface area (Å²) < 4.78 is 13.8. The zero-order valence-corrected chi connectivity index (χ0v) is 10.1. The highest BCUT2D eigenvalue weighted by Gasteiger charge is 2.22. The SMILES string of the molecule is NC(CCC1CC1)c1cccc(F)c1Br. The third-order valence-electron chi connectivity index (χ3n) is 2.96. The largest absolute Gasteiger partial charge is 0.324 e. The van der Waals surface area contributed by atoms with Crippen LogP contribution in [0.5, 0.6) is 0 Å². The van der Waals surface area contributed by atoms with E-state index in [1.807, 2.05) is 6.07 Å². The van der Waals surface area contributed by atoms with Crippen LogP contribution in [0.4, 0.5) is 4.39 Å². The molecule has 0 spiro atoms. The van der Waals surface area contributed by atoms with E-state index in [0.29, 0.717) is 4.47 Å². The molecule has 2 rings (SSSR count). The average molecular weight is 272 g/mol. The van der Waals surface area contributed by atoms with Crippen molar-refractivity contribution in [1.82, 2.24) is 0 Å². The molecule has 1 aliphatic rings. The molecule has 0 heterocycles. The molecule has 3 heteroatoms. The summed E-state index contributed by atoms with van der Waals surface area (Å²) in [5.74, 6) is 0.651. The molecule has 1 atom stereocenters. The van der Waals surface area contributed by atoms with Gasteiger partial charge in [0.25, 0.3) is 0 Å². The maximum Gasteiger partial charge on any atom is 0.137 e. The number of nitrogens with two attached hydrogens (primary N) is 1. The average Bonchev–Trinajstić information content (AvgIpc) is 3.02. The van der Waals surface area contributed by atoms with Gasteiger partial charge in [-0.1, -0.05) is 25.0 Å². The molecule has 1 nitrogen and oxygen atoms in total. The van der Waals surface area contributed by atoms with Crippen molar-refractivity contribution < 1.29 is 4.39 Å². The van der Waals surface area contributed by atoms with E-state index in [9.17, 15) is 4.39 Å². The molecule has 1 unspecified atom stereocenters. The van der Waals surface area contributed by atoms with E-state index >= 15 is 0 Å². The van der Waals surface area contributed by atoms with Gasteiger partial charge in [-0.2, -0.15) is 0 Å². The Morgan fingerprint density at radius 3 is 2.87 bits per heavy atom. The first kappa shape index (κ1) is 11.1. The normalized spacial score (nSPS) is 17.8. The molecule has 1 aliphatic carbocycles. The Morgan fingerprint density at radius 1 is 1.47 bits per heavy atom. The Bertz CT molecular complexity index is 349. The Morgan fingerprint density at radius 2 is 2.20 bits per heavy atom. The van der Waals surface area contributed by atoms with Gasteiger partial charge in [0.05, 0.1) is 4.47 Å². The molecule has 0 radical (unpaired) electrons. The van der Waals surface area contributed by atoms with E-state index in [4.69, 9.17) is 5.73 Å². The van der Waals surface area contributed by atoms with Gasteiger partial charge in [0.1, 0.15) is 5.82 Å². The minimum atomic E-state index is -0.227. The van der Waals surface area contributed by atoms with E-state index in [1.165, 1.54) is 25.3 Å². The van der Waals surface area contributed by atoms with Crippen molar-refractivity contribution in [2.24, 2.45) is 11.7 Å². The van der Waals surface area contributed by atoms with Crippen LogP contribution in [-0.4, -0.2) is 0 Å². The fourth-order valence-electron chi connectivity index (χ4n) is 1.78. The lowest BCUT2D eigenvalue weighted by Crippen LogP contribution is -2.11. The molecule has 82 valence electrons. The van der Waals surface area contributed by atoms with E-state index in [0.717, 1.165) is 17.9 Å². The first-order valence-electron chi connectivity index (χ1n) is 5.38. The maximum absolute atomic E-state index is 13.2. The molecule has 0 amide bonds. The van der Waals surface area contributed by atoms with Crippen LogP contribution in [0, 0.1) is 11.7 Å². The third kappa shape index (κ3) is 2.79. The van der Waals surface area contributed by atoms with Crippen molar-refractivity contribution in [3.63, 3.8) is 0 Å². The topological polar surface area (TPSA) is 26.0 Å². The summed E-state index contributed by atoms with van der Waals surface area (Å²) in [6.07, 6.45) is 4.81. The molecule has 1 aromatic carbocycles. The zero-order chi connectivity index (χ0) is 10.8. The molecule has 0 saturated heterocycles. The number of hydrogen-bond acceptors (Lipinski definition) is 1. The summed E-state index contributed by atoms with van der Waals surface area (Å²) in [7, 11) is 0. The minimum absolute atomic E-state index is 0.0457. The van der Waals surface area contributed by atoms with Crippen LogP contribution in [0.1, 0.15) is 37.3 Å². The van der Waals surface area contributed by atoms with Gasteiger partial charge < -0.3 is 5.73 Å². The van der Waals surface area contributed by atoms with E-state index in [2.05, 4.69) is 15.9 Å². The van der Waals surface area contributed by atoms with Crippen molar-refractivity contribution in [2.75, 3.05) is 0 Å². The molecule has 1 saturated carbocycles. The second-order valence-electron chi connectivity index (χ2n) is 4.27. The second kappa shape index (κ2) is 4.62. The van der Waals surface area contributed by atoms with Crippen molar-refractivity contribution >= 4 is 15.9 Å². The number of halogens is 2. The predicted molar refractivity (Wildman–Crippen MR) is 63.0 cm³/mol. The van der Waals surface area contributed by atoms with Crippen molar-refractivity contribution in [2.45, 2.75) is 31.7 Å². The lowest BCUT2D eigenvalue weighted by atomic mass is 10.0. The van der Waals surface area contributed by atoms with Crippen molar-refractivity contribution in [3.05, 3.63) is 34.1 Å².